The molecule has 0 unspecified atom stereocenters. The first-order chi connectivity index (χ1) is 7.63. The van der Waals surface area contributed by atoms with E-state index in [-0.39, 0.29) is 10.8 Å². The zero-order chi connectivity index (χ0) is 12.0. The van der Waals surface area contributed by atoms with E-state index in [4.69, 9.17) is 11.6 Å². The molecule has 0 aromatic heterocycles. The number of hydrogen-bond acceptors (Lipinski definition) is 1. The van der Waals surface area contributed by atoms with Crippen LogP contribution >= 0.6 is 11.6 Å². The summed E-state index contributed by atoms with van der Waals surface area (Å²) in [6, 6.07) is 4.84. The minimum Gasteiger partial charge on any atom is -0.313 e. The second kappa shape index (κ2) is 6.66. The molecule has 0 heterocycles. The highest BCUT2D eigenvalue weighted by atomic mass is 35.5. The number of halogens is 2. The van der Waals surface area contributed by atoms with Crippen molar-refractivity contribution in [3.63, 3.8) is 0 Å². The molecule has 1 aromatic rings. The largest absolute Gasteiger partial charge is 0.313 e. The SMILES string of the molecule is CCCNCC(C)=Cc1ccc(Cl)c(F)c1. The van der Waals surface area contributed by atoms with Gasteiger partial charge in [0.25, 0.3) is 0 Å². The first-order valence-corrected chi connectivity index (χ1v) is 5.84. The van der Waals surface area contributed by atoms with E-state index in [1.807, 2.05) is 19.1 Å². The van der Waals surface area contributed by atoms with Crippen LogP contribution in [0.2, 0.25) is 5.02 Å². The summed E-state index contributed by atoms with van der Waals surface area (Å²) in [4.78, 5) is 0. The molecule has 3 heteroatoms. The lowest BCUT2D eigenvalue weighted by atomic mass is 10.1. The van der Waals surface area contributed by atoms with Crippen LogP contribution in [0.5, 0.6) is 0 Å². The maximum atomic E-state index is 13.2. The zero-order valence-electron chi connectivity index (χ0n) is 9.69. The standard InChI is InChI=1S/C13H17ClFN/c1-3-6-16-9-10(2)7-11-4-5-12(14)13(15)8-11/h4-5,7-8,16H,3,6,9H2,1-2H3. The molecule has 88 valence electrons. The highest BCUT2D eigenvalue weighted by Gasteiger charge is 1.99. The van der Waals surface area contributed by atoms with Gasteiger partial charge in [0.2, 0.25) is 0 Å². The Hall–Kier alpha value is -0.860. The Labute approximate surface area is 101 Å². The molecule has 16 heavy (non-hydrogen) atoms. The van der Waals surface area contributed by atoms with Crippen molar-refractivity contribution in [2.45, 2.75) is 20.3 Å². The van der Waals surface area contributed by atoms with Gasteiger partial charge in [-0.3, -0.25) is 0 Å². The van der Waals surface area contributed by atoms with Gasteiger partial charge >= 0.3 is 0 Å². The molecular weight excluding hydrogens is 225 g/mol. The highest BCUT2D eigenvalue weighted by molar-refractivity contribution is 6.30. The quantitative estimate of drug-likeness (QED) is 0.772. The van der Waals surface area contributed by atoms with Crippen molar-refractivity contribution < 1.29 is 4.39 Å². The second-order valence-corrected chi connectivity index (χ2v) is 4.25. The average Bonchev–Trinajstić information content (AvgIpc) is 2.24. The van der Waals surface area contributed by atoms with E-state index in [1.165, 1.54) is 11.6 Å². The van der Waals surface area contributed by atoms with E-state index in [1.54, 1.807) is 6.07 Å². The van der Waals surface area contributed by atoms with Crippen molar-refractivity contribution in [1.29, 1.82) is 0 Å². The third-order valence-electron chi connectivity index (χ3n) is 2.19. The van der Waals surface area contributed by atoms with Gasteiger partial charge < -0.3 is 5.32 Å². The third-order valence-corrected chi connectivity index (χ3v) is 2.49. The average molecular weight is 242 g/mol. The van der Waals surface area contributed by atoms with E-state index in [2.05, 4.69) is 12.2 Å². The van der Waals surface area contributed by atoms with Gasteiger partial charge in [-0.15, -0.1) is 0 Å². The topological polar surface area (TPSA) is 12.0 Å². The van der Waals surface area contributed by atoms with Crippen LogP contribution in [0, 0.1) is 5.82 Å². The summed E-state index contributed by atoms with van der Waals surface area (Å²) in [5.41, 5.74) is 2.02. The van der Waals surface area contributed by atoms with Crippen LogP contribution in [0.3, 0.4) is 0 Å². The van der Waals surface area contributed by atoms with Crippen molar-refractivity contribution in [2.75, 3.05) is 13.1 Å². The fourth-order valence-electron chi connectivity index (χ4n) is 1.40. The van der Waals surface area contributed by atoms with Gasteiger partial charge in [0, 0.05) is 6.54 Å². The molecule has 0 amide bonds. The summed E-state index contributed by atoms with van der Waals surface area (Å²) in [5, 5.41) is 3.46. The highest BCUT2D eigenvalue weighted by Crippen LogP contribution is 2.17. The lowest BCUT2D eigenvalue weighted by molar-refractivity contribution is 0.628. The Morgan fingerprint density at radius 1 is 1.50 bits per heavy atom. The monoisotopic (exact) mass is 241 g/mol. The van der Waals surface area contributed by atoms with E-state index < -0.39 is 0 Å². The summed E-state index contributed by atoms with van der Waals surface area (Å²) in [5.74, 6) is -0.371. The summed E-state index contributed by atoms with van der Waals surface area (Å²) >= 11 is 5.61. The van der Waals surface area contributed by atoms with Crippen LogP contribution in [-0.2, 0) is 0 Å². The van der Waals surface area contributed by atoms with Crippen LogP contribution in [0.15, 0.2) is 23.8 Å². The van der Waals surface area contributed by atoms with E-state index in [9.17, 15) is 4.39 Å². The summed E-state index contributed by atoms with van der Waals surface area (Å²) in [7, 11) is 0. The lowest BCUT2D eigenvalue weighted by Crippen LogP contribution is -2.16. The lowest BCUT2D eigenvalue weighted by Gasteiger charge is -2.03. The van der Waals surface area contributed by atoms with Crippen molar-refractivity contribution in [3.8, 4) is 0 Å². The van der Waals surface area contributed by atoms with Crippen molar-refractivity contribution in [2.24, 2.45) is 0 Å². The van der Waals surface area contributed by atoms with Gasteiger partial charge in [0.1, 0.15) is 5.82 Å². The molecule has 0 aliphatic carbocycles. The first-order valence-electron chi connectivity index (χ1n) is 5.46. The van der Waals surface area contributed by atoms with Gasteiger partial charge in [-0.25, -0.2) is 4.39 Å². The maximum Gasteiger partial charge on any atom is 0.142 e. The molecule has 0 atom stereocenters. The fourth-order valence-corrected chi connectivity index (χ4v) is 1.52. The minimum atomic E-state index is -0.371. The Bertz CT molecular complexity index is 374. The van der Waals surface area contributed by atoms with Crippen LogP contribution in [0.1, 0.15) is 25.8 Å². The Kier molecular flexibility index (Phi) is 5.50. The molecule has 0 fully saturated rings. The Balaban J connectivity index is 2.63. The second-order valence-electron chi connectivity index (χ2n) is 3.84. The van der Waals surface area contributed by atoms with Crippen LogP contribution in [-0.4, -0.2) is 13.1 Å². The third kappa shape index (κ3) is 4.33. The predicted molar refractivity (Wildman–Crippen MR) is 68.2 cm³/mol. The summed E-state index contributed by atoms with van der Waals surface area (Å²) < 4.78 is 13.2. The minimum absolute atomic E-state index is 0.166. The molecule has 1 N–H and O–H groups in total. The molecule has 0 spiro atoms. The smallest absolute Gasteiger partial charge is 0.142 e. The molecular formula is C13H17ClFN. The molecule has 0 saturated carbocycles. The van der Waals surface area contributed by atoms with E-state index in [0.717, 1.165) is 25.1 Å². The molecule has 1 rings (SSSR count). The molecule has 0 aliphatic heterocycles. The van der Waals surface area contributed by atoms with Crippen LogP contribution < -0.4 is 5.32 Å². The van der Waals surface area contributed by atoms with Crippen LogP contribution in [0.25, 0.3) is 6.08 Å². The summed E-state index contributed by atoms with van der Waals surface area (Å²) in [6.07, 6.45) is 3.07. The molecule has 0 aliphatic rings. The van der Waals surface area contributed by atoms with Crippen molar-refractivity contribution in [1.82, 2.24) is 5.32 Å². The van der Waals surface area contributed by atoms with Gasteiger partial charge in [0.15, 0.2) is 0 Å². The molecule has 0 saturated heterocycles. The normalized spacial score (nSPS) is 11.9. The predicted octanol–water partition coefficient (Wildman–Crippen LogP) is 3.88. The first kappa shape index (κ1) is 13.2. The van der Waals surface area contributed by atoms with Crippen molar-refractivity contribution in [3.05, 3.63) is 40.2 Å². The van der Waals surface area contributed by atoms with Gasteiger partial charge in [-0.2, -0.15) is 0 Å². The molecule has 1 nitrogen and oxygen atoms in total. The number of nitrogens with one attached hydrogen (secondary N) is 1. The molecule has 1 aromatic carbocycles. The van der Waals surface area contributed by atoms with E-state index in [0.29, 0.717) is 0 Å². The number of hydrogen-bond donors (Lipinski definition) is 1. The zero-order valence-corrected chi connectivity index (χ0v) is 10.4. The van der Waals surface area contributed by atoms with Gasteiger partial charge in [0.05, 0.1) is 5.02 Å². The number of rotatable bonds is 5. The Morgan fingerprint density at radius 3 is 2.88 bits per heavy atom. The Morgan fingerprint density at radius 2 is 2.25 bits per heavy atom. The maximum absolute atomic E-state index is 13.2. The fraction of sp³-hybridized carbons (Fsp3) is 0.385. The van der Waals surface area contributed by atoms with E-state index >= 15 is 0 Å². The number of benzene rings is 1. The van der Waals surface area contributed by atoms with Crippen molar-refractivity contribution >= 4 is 17.7 Å². The summed E-state index contributed by atoms with van der Waals surface area (Å²) in [6.45, 7) is 5.98. The van der Waals surface area contributed by atoms with Crippen LogP contribution in [0.4, 0.5) is 4.39 Å². The van der Waals surface area contributed by atoms with Gasteiger partial charge in [-0.05, 0) is 37.6 Å². The van der Waals surface area contributed by atoms with Gasteiger partial charge in [-0.1, -0.05) is 36.2 Å². The molecule has 0 radical (unpaired) electrons. The molecule has 0 bridgehead atoms.